The number of nitro groups is 1. The van der Waals surface area contributed by atoms with E-state index < -0.39 is 10.8 Å². The van der Waals surface area contributed by atoms with Gasteiger partial charge in [-0.3, -0.25) is 14.9 Å². The lowest BCUT2D eigenvalue weighted by Gasteiger charge is -2.31. The molecule has 0 bridgehead atoms. The van der Waals surface area contributed by atoms with Gasteiger partial charge in [0.1, 0.15) is 0 Å². The molecule has 1 amide bonds. The van der Waals surface area contributed by atoms with Crippen LogP contribution >= 0.6 is 11.6 Å². The van der Waals surface area contributed by atoms with Crippen LogP contribution in [0.15, 0.2) is 36.4 Å². The number of nitro benzene ring substituents is 1. The van der Waals surface area contributed by atoms with Crippen LogP contribution in [0.5, 0.6) is 0 Å². The van der Waals surface area contributed by atoms with Crippen LogP contribution in [0.4, 0.5) is 17.1 Å². The van der Waals surface area contributed by atoms with Crippen LogP contribution in [0.25, 0.3) is 0 Å². The van der Waals surface area contributed by atoms with E-state index in [0.29, 0.717) is 5.69 Å². The number of nitrogens with zero attached hydrogens (tertiary/aromatic N) is 2. The Hall–Kier alpha value is -2.60. The third-order valence-corrected chi connectivity index (χ3v) is 5.57. The highest BCUT2D eigenvalue weighted by atomic mass is 35.5. The zero-order valence-electron chi connectivity index (χ0n) is 16.6. The predicted molar refractivity (Wildman–Crippen MR) is 117 cm³/mol. The molecule has 154 valence electrons. The molecule has 7 heteroatoms. The average Bonchev–Trinajstić information content (AvgIpc) is 2.71. The number of carbonyl (C=O) groups is 1. The molecular weight excluding hydrogens is 390 g/mol. The smallest absolute Gasteiger partial charge is 0.270 e. The standard InChI is InChI=1S/C22H26ClN3O3/c1-2-3-4-5-12-25-13-6-7-16-14-17(8-11-21(16)25)24-22(27)19-15-18(26(28)29)9-10-20(19)23/h8-11,14-15H,2-7,12-13H2,1H3,(H,24,27). The Morgan fingerprint density at radius 1 is 1.21 bits per heavy atom. The van der Waals surface area contributed by atoms with Crippen LogP contribution in [-0.2, 0) is 6.42 Å². The van der Waals surface area contributed by atoms with Gasteiger partial charge in [-0.1, -0.05) is 37.8 Å². The van der Waals surface area contributed by atoms with Crippen molar-refractivity contribution in [1.29, 1.82) is 0 Å². The number of anilines is 2. The summed E-state index contributed by atoms with van der Waals surface area (Å²) in [6, 6.07) is 9.79. The summed E-state index contributed by atoms with van der Waals surface area (Å²) in [6.45, 7) is 4.34. The van der Waals surface area contributed by atoms with Gasteiger partial charge in [0.15, 0.2) is 0 Å². The first kappa shape index (κ1) is 21.1. The second-order valence-electron chi connectivity index (χ2n) is 7.37. The molecule has 0 atom stereocenters. The predicted octanol–water partition coefficient (Wildman–Crippen LogP) is 5.83. The maximum Gasteiger partial charge on any atom is 0.270 e. The van der Waals surface area contributed by atoms with E-state index in [9.17, 15) is 14.9 Å². The highest BCUT2D eigenvalue weighted by molar-refractivity contribution is 6.34. The number of rotatable bonds is 8. The number of hydrogen-bond acceptors (Lipinski definition) is 4. The van der Waals surface area contributed by atoms with Crippen molar-refractivity contribution >= 4 is 34.6 Å². The molecule has 1 aliphatic rings. The molecule has 6 nitrogen and oxygen atoms in total. The first-order chi connectivity index (χ1) is 14.0. The van der Waals surface area contributed by atoms with E-state index in [0.717, 1.165) is 25.9 Å². The van der Waals surface area contributed by atoms with Crippen molar-refractivity contribution in [3.63, 3.8) is 0 Å². The summed E-state index contributed by atoms with van der Waals surface area (Å²) in [7, 11) is 0. The monoisotopic (exact) mass is 415 g/mol. The number of benzene rings is 2. The van der Waals surface area contributed by atoms with E-state index in [1.807, 2.05) is 12.1 Å². The first-order valence-electron chi connectivity index (χ1n) is 10.1. The van der Waals surface area contributed by atoms with Gasteiger partial charge in [0, 0.05) is 36.6 Å². The van der Waals surface area contributed by atoms with Crippen LogP contribution in [0.3, 0.4) is 0 Å². The van der Waals surface area contributed by atoms with Crippen LogP contribution in [-0.4, -0.2) is 23.9 Å². The summed E-state index contributed by atoms with van der Waals surface area (Å²) in [6.07, 6.45) is 7.01. The van der Waals surface area contributed by atoms with Crippen molar-refractivity contribution in [3.05, 3.63) is 62.7 Å². The maximum absolute atomic E-state index is 12.6. The number of amides is 1. The van der Waals surface area contributed by atoms with Gasteiger partial charge in [0.2, 0.25) is 0 Å². The third-order valence-electron chi connectivity index (χ3n) is 5.24. The number of hydrogen-bond donors (Lipinski definition) is 1. The summed E-state index contributed by atoms with van der Waals surface area (Å²) < 4.78 is 0. The van der Waals surface area contributed by atoms with Crippen molar-refractivity contribution in [2.45, 2.75) is 45.4 Å². The van der Waals surface area contributed by atoms with E-state index in [2.05, 4.69) is 23.2 Å². The molecule has 1 aliphatic heterocycles. The molecule has 0 aliphatic carbocycles. The van der Waals surface area contributed by atoms with Gasteiger partial charge in [0.25, 0.3) is 11.6 Å². The Bertz CT molecular complexity index is 901. The summed E-state index contributed by atoms with van der Waals surface area (Å²) in [5, 5.41) is 14.0. The minimum absolute atomic E-state index is 0.0936. The molecule has 1 N–H and O–H groups in total. The van der Waals surface area contributed by atoms with E-state index in [1.54, 1.807) is 0 Å². The van der Waals surface area contributed by atoms with Gasteiger partial charge in [-0.2, -0.15) is 0 Å². The zero-order chi connectivity index (χ0) is 20.8. The van der Waals surface area contributed by atoms with Crippen LogP contribution in [0.2, 0.25) is 5.02 Å². The summed E-state index contributed by atoms with van der Waals surface area (Å²) in [5.41, 5.74) is 3.05. The van der Waals surface area contributed by atoms with Crippen molar-refractivity contribution in [2.24, 2.45) is 0 Å². The molecule has 2 aromatic rings. The lowest BCUT2D eigenvalue weighted by atomic mass is 10.00. The second kappa shape index (κ2) is 9.74. The number of unbranched alkanes of at least 4 members (excludes halogenated alkanes) is 3. The van der Waals surface area contributed by atoms with E-state index in [1.165, 1.54) is 55.1 Å². The molecule has 0 fully saturated rings. The van der Waals surface area contributed by atoms with Crippen molar-refractivity contribution < 1.29 is 9.72 Å². The molecule has 1 heterocycles. The first-order valence-corrected chi connectivity index (χ1v) is 10.5. The van der Waals surface area contributed by atoms with Crippen molar-refractivity contribution in [1.82, 2.24) is 0 Å². The van der Waals surface area contributed by atoms with E-state index in [-0.39, 0.29) is 16.3 Å². The van der Waals surface area contributed by atoms with Crippen molar-refractivity contribution in [3.8, 4) is 0 Å². The molecule has 0 radical (unpaired) electrons. The fourth-order valence-electron chi connectivity index (χ4n) is 3.71. The molecule has 0 unspecified atom stereocenters. The molecular formula is C22H26ClN3O3. The zero-order valence-corrected chi connectivity index (χ0v) is 17.4. The minimum atomic E-state index is -0.541. The fraction of sp³-hybridized carbons (Fsp3) is 0.409. The van der Waals surface area contributed by atoms with E-state index >= 15 is 0 Å². The number of aryl methyl sites for hydroxylation is 1. The quantitative estimate of drug-likeness (QED) is 0.334. The average molecular weight is 416 g/mol. The van der Waals surface area contributed by atoms with Crippen LogP contribution in [0, 0.1) is 10.1 Å². The Labute approximate surface area is 176 Å². The van der Waals surface area contributed by atoms with Crippen LogP contribution < -0.4 is 10.2 Å². The molecule has 3 rings (SSSR count). The van der Waals surface area contributed by atoms with Gasteiger partial charge in [-0.25, -0.2) is 0 Å². The Morgan fingerprint density at radius 3 is 2.79 bits per heavy atom. The van der Waals surface area contributed by atoms with Crippen molar-refractivity contribution in [2.75, 3.05) is 23.3 Å². The van der Waals surface area contributed by atoms with Gasteiger partial charge >= 0.3 is 0 Å². The number of carbonyl (C=O) groups excluding carboxylic acids is 1. The third kappa shape index (κ3) is 5.26. The number of fused-ring (bicyclic) bond motifs is 1. The molecule has 0 saturated heterocycles. The van der Waals surface area contributed by atoms with Crippen LogP contribution in [0.1, 0.15) is 54.9 Å². The molecule has 0 saturated carbocycles. The number of non-ortho nitro benzene ring substituents is 1. The normalized spacial score (nSPS) is 13.1. The Balaban J connectivity index is 1.72. The molecule has 2 aromatic carbocycles. The largest absolute Gasteiger partial charge is 0.371 e. The van der Waals surface area contributed by atoms with Gasteiger partial charge < -0.3 is 10.2 Å². The highest BCUT2D eigenvalue weighted by Crippen LogP contribution is 2.31. The van der Waals surface area contributed by atoms with E-state index in [4.69, 9.17) is 11.6 Å². The van der Waals surface area contributed by atoms with Gasteiger partial charge in [-0.15, -0.1) is 0 Å². The summed E-state index contributed by atoms with van der Waals surface area (Å²) in [5.74, 6) is -0.453. The molecule has 0 spiro atoms. The number of nitrogens with one attached hydrogen (secondary N) is 1. The Morgan fingerprint density at radius 2 is 2.03 bits per heavy atom. The summed E-state index contributed by atoms with van der Waals surface area (Å²) >= 11 is 6.08. The molecule has 29 heavy (non-hydrogen) atoms. The lowest BCUT2D eigenvalue weighted by Crippen LogP contribution is -2.30. The van der Waals surface area contributed by atoms with Gasteiger partial charge in [-0.05, 0) is 49.1 Å². The topological polar surface area (TPSA) is 75.5 Å². The Kier molecular flexibility index (Phi) is 7.09. The summed E-state index contributed by atoms with van der Waals surface area (Å²) in [4.78, 5) is 25.5. The van der Waals surface area contributed by atoms with Gasteiger partial charge in [0.05, 0.1) is 15.5 Å². The minimum Gasteiger partial charge on any atom is -0.371 e. The highest BCUT2D eigenvalue weighted by Gasteiger charge is 2.19. The lowest BCUT2D eigenvalue weighted by molar-refractivity contribution is -0.384. The second-order valence-corrected chi connectivity index (χ2v) is 7.78. The fourth-order valence-corrected chi connectivity index (χ4v) is 3.92. The SMILES string of the molecule is CCCCCCN1CCCc2cc(NC(=O)c3cc([N+](=O)[O-])ccc3Cl)ccc21. The molecule has 0 aromatic heterocycles. The number of halogens is 1. The maximum atomic E-state index is 12.6.